The van der Waals surface area contributed by atoms with E-state index in [0.717, 1.165) is 18.7 Å². The first-order valence-corrected chi connectivity index (χ1v) is 7.06. The van der Waals surface area contributed by atoms with Gasteiger partial charge in [-0.25, -0.2) is 4.39 Å². The summed E-state index contributed by atoms with van der Waals surface area (Å²) in [6.07, 6.45) is 0. The molecule has 2 rings (SSSR count). The van der Waals surface area contributed by atoms with Crippen LogP contribution in [0.4, 0.5) is 4.39 Å². The van der Waals surface area contributed by atoms with Crippen molar-refractivity contribution in [2.75, 3.05) is 26.2 Å². The molecule has 1 heterocycles. The molecule has 21 heavy (non-hydrogen) atoms. The van der Waals surface area contributed by atoms with Gasteiger partial charge in [0.05, 0.1) is 6.04 Å². The highest BCUT2D eigenvalue weighted by atomic mass is 35.5. The first kappa shape index (κ1) is 18.2. The van der Waals surface area contributed by atoms with E-state index in [1.165, 1.54) is 12.1 Å². The molecule has 1 saturated heterocycles. The number of benzene rings is 1. The summed E-state index contributed by atoms with van der Waals surface area (Å²) in [7, 11) is 0. The van der Waals surface area contributed by atoms with E-state index in [1.807, 2.05) is 0 Å². The summed E-state index contributed by atoms with van der Waals surface area (Å²) in [5.41, 5.74) is 6.50. The van der Waals surface area contributed by atoms with Crippen LogP contribution in [0.25, 0.3) is 0 Å². The van der Waals surface area contributed by atoms with E-state index < -0.39 is 6.04 Å². The number of nitrogens with zero attached hydrogens (tertiary/aromatic N) is 2. The van der Waals surface area contributed by atoms with Gasteiger partial charge in [-0.15, -0.1) is 12.4 Å². The van der Waals surface area contributed by atoms with Crippen molar-refractivity contribution in [3.05, 3.63) is 34.6 Å². The van der Waals surface area contributed by atoms with Gasteiger partial charge in [-0.1, -0.05) is 17.7 Å². The van der Waals surface area contributed by atoms with Crippen molar-refractivity contribution in [2.24, 2.45) is 5.73 Å². The summed E-state index contributed by atoms with van der Waals surface area (Å²) in [4.78, 5) is 15.8. The maximum absolute atomic E-state index is 13.0. The summed E-state index contributed by atoms with van der Waals surface area (Å²) in [6, 6.07) is 3.99. The molecule has 0 bridgehead atoms. The number of amides is 1. The van der Waals surface area contributed by atoms with Gasteiger partial charge in [0.15, 0.2) is 0 Å². The summed E-state index contributed by atoms with van der Waals surface area (Å²) < 4.78 is 13.0. The van der Waals surface area contributed by atoms with Gasteiger partial charge < -0.3 is 10.6 Å². The molecule has 4 nitrogen and oxygen atoms in total. The maximum atomic E-state index is 13.0. The molecule has 0 saturated carbocycles. The minimum Gasteiger partial charge on any atom is -0.339 e. The highest BCUT2D eigenvalue weighted by Gasteiger charge is 2.23. The van der Waals surface area contributed by atoms with Crippen molar-refractivity contribution in [2.45, 2.75) is 19.5 Å². The Bertz CT molecular complexity index is 491. The van der Waals surface area contributed by atoms with Gasteiger partial charge in [-0.05, 0) is 24.6 Å². The fourth-order valence-electron chi connectivity index (χ4n) is 2.31. The molecule has 0 radical (unpaired) electrons. The van der Waals surface area contributed by atoms with E-state index in [1.54, 1.807) is 17.9 Å². The second kappa shape index (κ2) is 7.94. The fourth-order valence-corrected chi connectivity index (χ4v) is 2.53. The topological polar surface area (TPSA) is 49.6 Å². The van der Waals surface area contributed by atoms with Gasteiger partial charge in [0.1, 0.15) is 5.82 Å². The van der Waals surface area contributed by atoms with Crippen LogP contribution in [0.5, 0.6) is 0 Å². The average Bonchev–Trinajstić information content (AvgIpc) is 2.42. The number of nitrogens with two attached hydrogens (primary N) is 1. The predicted octanol–water partition coefficient (Wildman–Crippen LogP) is 1.89. The third-order valence-corrected chi connectivity index (χ3v) is 3.83. The Morgan fingerprint density at radius 3 is 2.52 bits per heavy atom. The lowest BCUT2D eigenvalue weighted by atomic mass is 10.2. The van der Waals surface area contributed by atoms with Crippen molar-refractivity contribution < 1.29 is 9.18 Å². The second-order valence-electron chi connectivity index (χ2n) is 5.13. The SMILES string of the molecule is CC(N)C(=O)N1CCN(Cc2ccc(F)cc2Cl)CC1.Cl. The maximum Gasteiger partial charge on any atom is 0.239 e. The lowest BCUT2D eigenvalue weighted by Crippen LogP contribution is -2.52. The van der Waals surface area contributed by atoms with Gasteiger partial charge in [-0.2, -0.15) is 0 Å². The van der Waals surface area contributed by atoms with Crippen molar-refractivity contribution in [3.8, 4) is 0 Å². The zero-order chi connectivity index (χ0) is 14.7. The Morgan fingerprint density at radius 1 is 1.38 bits per heavy atom. The molecule has 1 aromatic carbocycles. The van der Waals surface area contributed by atoms with Crippen molar-refractivity contribution in [3.63, 3.8) is 0 Å². The van der Waals surface area contributed by atoms with Crippen LogP contribution >= 0.6 is 24.0 Å². The molecule has 1 fully saturated rings. The van der Waals surface area contributed by atoms with Crippen LogP contribution < -0.4 is 5.73 Å². The minimum atomic E-state index is -0.451. The van der Waals surface area contributed by atoms with E-state index in [2.05, 4.69) is 4.90 Å². The molecular weight excluding hydrogens is 316 g/mol. The Labute approximate surface area is 135 Å². The molecule has 0 aromatic heterocycles. The van der Waals surface area contributed by atoms with E-state index in [9.17, 15) is 9.18 Å². The number of piperazine rings is 1. The van der Waals surface area contributed by atoms with Crippen LogP contribution in [0.15, 0.2) is 18.2 Å². The van der Waals surface area contributed by atoms with Gasteiger partial charge in [0, 0.05) is 37.7 Å². The highest BCUT2D eigenvalue weighted by Crippen LogP contribution is 2.19. The predicted molar refractivity (Wildman–Crippen MR) is 84.2 cm³/mol. The number of hydrogen-bond acceptors (Lipinski definition) is 3. The Morgan fingerprint density at radius 2 is 2.00 bits per heavy atom. The van der Waals surface area contributed by atoms with Crippen LogP contribution in [-0.2, 0) is 11.3 Å². The van der Waals surface area contributed by atoms with E-state index in [4.69, 9.17) is 17.3 Å². The summed E-state index contributed by atoms with van der Waals surface area (Å²) >= 11 is 6.02. The highest BCUT2D eigenvalue weighted by molar-refractivity contribution is 6.31. The molecule has 1 aromatic rings. The molecule has 7 heteroatoms. The fraction of sp³-hybridized carbons (Fsp3) is 0.500. The van der Waals surface area contributed by atoms with Crippen molar-refractivity contribution in [1.29, 1.82) is 0 Å². The molecule has 118 valence electrons. The van der Waals surface area contributed by atoms with Crippen LogP contribution in [-0.4, -0.2) is 47.9 Å². The summed E-state index contributed by atoms with van der Waals surface area (Å²) in [6.45, 7) is 5.24. The van der Waals surface area contributed by atoms with Crippen LogP contribution in [0.1, 0.15) is 12.5 Å². The van der Waals surface area contributed by atoms with Gasteiger partial charge in [0.2, 0.25) is 5.91 Å². The molecule has 1 aliphatic rings. The van der Waals surface area contributed by atoms with Crippen LogP contribution in [0.3, 0.4) is 0 Å². The van der Waals surface area contributed by atoms with Gasteiger partial charge in [0.25, 0.3) is 0 Å². The quantitative estimate of drug-likeness (QED) is 0.917. The second-order valence-corrected chi connectivity index (χ2v) is 5.53. The van der Waals surface area contributed by atoms with Gasteiger partial charge >= 0.3 is 0 Å². The lowest BCUT2D eigenvalue weighted by molar-refractivity contribution is -0.134. The molecule has 1 unspecified atom stereocenters. The third-order valence-electron chi connectivity index (χ3n) is 3.48. The standard InChI is InChI=1S/C14H19ClFN3O.ClH/c1-10(17)14(20)19-6-4-18(5-7-19)9-11-2-3-12(16)8-13(11)15;/h2-3,8,10H,4-7,9,17H2,1H3;1H. The average molecular weight is 336 g/mol. The minimum absolute atomic E-state index is 0. The largest absolute Gasteiger partial charge is 0.339 e. The summed E-state index contributed by atoms with van der Waals surface area (Å²) in [5.74, 6) is -0.337. The lowest BCUT2D eigenvalue weighted by Gasteiger charge is -2.35. The molecule has 2 N–H and O–H groups in total. The van der Waals surface area contributed by atoms with Crippen molar-refractivity contribution in [1.82, 2.24) is 9.80 Å². The first-order chi connectivity index (χ1) is 9.47. The van der Waals surface area contributed by atoms with E-state index in [0.29, 0.717) is 24.7 Å². The van der Waals surface area contributed by atoms with E-state index >= 15 is 0 Å². The number of halogens is 3. The monoisotopic (exact) mass is 335 g/mol. The molecule has 0 spiro atoms. The Hall–Kier alpha value is -0.880. The first-order valence-electron chi connectivity index (χ1n) is 6.68. The smallest absolute Gasteiger partial charge is 0.239 e. The molecular formula is C14H20Cl2FN3O. The zero-order valence-corrected chi connectivity index (χ0v) is 13.5. The van der Waals surface area contributed by atoms with Crippen LogP contribution in [0, 0.1) is 5.82 Å². The molecule has 1 atom stereocenters. The number of rotatable bonds is 3. The summed E-state index contributed by atoms with van der Waals surface area (Å²) in [5, 5.41) is 0.444. The zero-order valence-electron chi connectivity index (χ0n) is 11.9. The Balaban J connectivity index is 0.00000220. The normalized spacial score (nSPS) is 17.2. The Kier molecular flexibility index (Phi) is 6.87. The molecule has 0 aliphatic carbocycles. The third kappa shape index (κ3) is 4.81. The molecule has 1 amide bonds. The van der Waals surface area contributed by atoms with Crippen LogP contribution in [0.2, 0.25) is 5.02 Å². The number of carbonyl (C=O) groups is 1. The number of hydrogen-bond donors (Lipinski definition) is 1. The van der Waals surface area contributed by atoms with Gasteiger partial charge in [-0.3, -0.25) is 9.69 Å². The van der Waals surface area contributed by atoms with E-state index in [-0.39, 0.29) is 24.1 Å². The number of carbonyl (C=O) groups excluding carboxylic acids is 1. The molecule has 1 aliphatic heterocycles. The van der Waals surface area contributed by atoms with Crippen molar-refractivity contribution >= 4 is 29.9 Å².